The molecular weight excluding hydrogens is 206 g/mol. The van der Waals surface area contributed by atoms with E-state index in [1.54, 1.807) is 0 Å². The quantitative estimate of drug-likeness (QED) is 0.211. The minimum absolute atomic E-state index is 0.168. The van der Waals surface area contributed by atoms with E-state index >= 15 is 0 Å². The first-order valence-corrected chi connectivity index (χ1v) is 5.67. The minimum Gasteiger partial charge on any atom is -0.871 e. The van der Waals surface area contributed by atoms with Crippen LogP contribution in [0.1, 0.15) is 19.8 Å². The Morgan fingerprint density at radius 2 is 2.38 bits per heavy atom. The molecule has 0 unspecified atom stereocenters. The topological polar surface area (TPSA) is 49.4 Å². The summed E-state index contributed by atoms with van der Waals surface area (Å²) in [6, 6.07) is 0.187. The van der Waals surface area contributed by atoms with E-state index in [1.165, 1.54) is 6.92 Å². The van der Waals surface area contributed by atoms with Crippen LogP contribution in [-0.4, -0.2) is 36.2 Å². The van der Waals surface area contributed by atoms with Crippen LogP contribution in [0.15, 0.2) is 24.1 Å². The average molecular weight is 223 g/mol. The van der Waals surface area contributed by atoms with Crippen molar-refractivity contribution in [2.24, 2.45) is 0 Å². The van der Waals surface area contributed by atoms with Crippen molar-refractivity contribution in [1.82, 2.24) is 0 Å². The molecule has 2 fully saturated rings. The van der Waals surface area contributed by atoms with Crippen LogP contribution >= 0.6 is 0 Å². The number of carbonyl (C=O) groups excluding carboxylic acids is 1. The molecule has 2 atom stereocenters. The molecule has 1 spiro atoms. The molecule has 0 aromatic carbocycles. The molecule has 2 rings (SSSR count). The first-order chi connectivity index (χ1) is 7.62. The summed E-state index contributed by atoms with van der Waals surface area (Å²) < 4.78 is 5.45. The Morgan fingerprint density at radius 3 is 3.00 bits per heavy atom. The molecule has 0 radical (unpaired) electrons. The third kappa shape index (κ3) is 1.45. The van der Waals surface area contributed by atoms with Crippen LogP contribution in [0.25, 0.3) is 0 Å². The second-order valence-electron chi connectivity index (χ2n) is 4.47. The van der Waals surface area contributed by atoms with E-state index in [9.17, 15) is 9.90 Å². The van der Waals surface area contributed by atoms with Gasteiger partial charge in [0.1, 0.15) is 19.2 Å². The van der Waals surface area contributed by atoms with Crippen LogP contribution in [0.5, 0.6) is 0 Å². The molecule has 0 aromatic heterocycles. The number of nitrogens with zero attached hydrogens (tertiary/aromatic N) is 1. The van der Waals surface area contributed by atoms with E-state index in [2.05, 4.69) is 6.58 Å². The number of hydrogen-bond donors (Lipinski definition) is 0. The van der Waals surface area contributed by atoms with Gasteiger partial charge in [-0.25, -0.2) is 4.79 Å². The second kappa shape index (κ2) is 3.94. The SMILES string of the molecule is C=C[C@@H]1CCC[N@@+]12CCOC(=O)/C2=C(/C)[O-]. The number of morpholine rings is 1. The van der Waals surface area contributed by atoms with E-state index in [4.69, 9.17) is 4.74 Å². The third-order valence-corrected chi connectivity index (χ3v) is 3.66. The minimum atomic E-state index is -0.437. The van der Waals surface area contributed by atoms with Gasteiger partial charge >= 0.3 is 5.97 Å². The molecule has 0 aliphatic carbocycles. The van der Waals surface area contributed by atoms with Crippen molar-refractivity contribution in [3.05, 3.63) is 24.1 Å². The number of allylic oxidation sites excluding steroid dienone is 1. The van der Waals surface area contributed by atoms with Gasteiger partial charge in [-0.2, -0.15) is 0 Å². The Kier molecular flexibility index (Phi) is 2.76. The smallest absolute Gasteiger partial charge is 0.392 e. The highest BCUT2D eigenvalue weighted by atomic mass is 16.5. The maximum Gasteiger partial charge on any atom is 0.392 e. The zero-order chi connectivity index (χ0) is 11.8. The maximum absolute atomic E-state index is 11.7. The first kappa shape index (κ1) is 11.2. The molecule has 2 aliphatic heterocycles. The van der Waals surface area contributed by atoms with Gasteiger partial charge in [-0.1, -0.05) is 12.3 Å². The summed E-state index contributed by atoms with van der Waals surface area (Å²) in [6.07, 6.45) is 3.89. The van der Waals surface area contributed by atoms with Gasteiger partial charge in [-0.15, -0.1) is 0 Å². The standard InChI is InChI=1S/C12H17NO3/c1-3-10-5-4-6-13(10)7-8-16-12(15)11(13)9(2)14/h3,10H,1,4-8H2,2H3/t10-,13-/m1/s1. The molecule has 2 saturated heterocycles. The summed E-state index contributed by atoms with van der Waals surface area (Å²) in [4.78, 5) is 11.7. The Balaban J connectivity index is 2.48. The number of cyclic esters (lactones) is 1. The van der Waals surface area contributed by atoms with Crippen LogP contribution in [0, 0.1) is 0 Å². The Labute approximate surface area is 95.4 Å². The lowest BCUT2D eigenvalue weighted by molar-refractivity contribution is -0.899. The van der Waals surface area contributed by atoms with Crippen LogP contribution < -0.4 is 5.11 Å². The summed E-state index contributed by atoms with van der Waals surface area (Å²) >= 11 is 0. The fourth-order valence-electron chi connectivity index (χ4n) is 2.99. The van der Waals surface area contributed by atoms with Crippen molar-refractivity contribution in [2.75, 3.05) is 19.7 Å². The first-order valence-electron chi connectivity index (χ1n) is 5.67. The highest BCUT2D eigenvalue weighted by molar-refractivity contribution is 5.87. The van der Waals surface area contributed by atoms with Gasteiger partial charge in [0, 0.05) is 12.8 Å². The molecule has 2 heterocycles. The molecule has 88 valence electrons. The molecule has 4 nitrogen and oxygen atoms in total. The number of hydrogen-bond acceptors (Lipinski definition) is 3. The molecule has 0 N–H and O–H groups in total. The predicted molar refractivity (Wildman–Crippen MR) is 56.9 cm³/mol. The van der Waals surface area contributed by atoms with Gasteiger partial charge in [0.05, 0.1) is 6.54 Å². The van der Waals surface area contributed by atoms with Crippen LogP contribution in [-0.2, 0) is 9.53 Å². The summed E-state index contributed by atoms with van der Waals surface area (Å²) in [5.74, 6) is -0.606. The van der Waals surface area contributed by atoms with Gasteiger partial charge in [0.25, 0.3) is 0 Å². The van der Waals surface area contributed by atoms with Gasteiger partial charge in [-0.3, -0.25) is 4.48 Å². The number of carbonyl (C=O) groups is 1. The van der Waals surface area contributed by atoms with Gasteiger partial charge < -0.3 is 9.84 Å². The maximum atomic E-state index is 11.7. The molecular formula is C12H17NO3. The fraction of sp³-hybridized carbons (Fsp3) is 0.583. The summed E-state index contributed by atoms with van der Waals surface area (Å²) in [5.41, 5.74) is 0.314. The van der Waals surface area contributed by atoms with Crippen molar-refractivity contribution < 1.29 is 19.1 Å². The zero-order valence-corrected chi connectivity index (χ0v) is 9.57. The number of rotatable bonds is 1. The molecule has 0 bridgehead atoms. The Bertz CT molecular complexity index is 357. The Hall–Kier alpha value is -1.29. The van der Waals surface area contributed by atoms with Crippen LogP contribution in [0.2, 0.25) is 0 Å². The van der Waals surface area contributed by atoms with Crippen molar-refractivity contribution in [3.63, 3.8) is 0 Å². The van der Waals surface area contributed by atoms with Gasteiger partial charge in [0.2, 0.25) is 5.70 Å². The van der Waals surface area contributed by atoms with Gasteiger partial charge in [0.15, 0.2) is 0 Å². The van der Waals surface area contributed by atoms with Crippen LogP contribution in [0.4, 0.5) is 0 Å². The van der Waals surface area contributed by atoms with Crippen molar-refractivity contribution in [3.8, 4) is 0 Å². The fourth-order valence-corrected chi connectivity index (χ4v) is 2.99. The lowest BCUT2D eigenvalue weighted by Gasteiger charge is -2.43. The molecule has 0 aromatic rings. The average Bonchev–Trinajstić information content (AvgIpc) is 2.60. The second-order valence-corrected chi connectivity index (χ2v) is 4.47. The summed E-state index contributed by atoms with van der Waals surface area (Å²) in [5, 5.41) is 11.6. The number of ether oxygens (including phenoxy) is 1. The van der Waals surface area contributed by atoms with E-state index in [1.807, 2.05) is 6.08 Å². The van der Waals surface area contributed by atoms with E-state index in [0.29, 0.717) is 23.3 Å². The van der Waals surface area contributed by atoms with E-state index < -0.39 is 5.97 Å². The monoisotopic (exact) mass is 223 g/mol. The van der Waals surface area contributed by atoms with Crippen molar-refractivity contribution in [2.45, 2.75) is 25.8 Å². The number of esters is 1. The highest BCUT2D eigenvalue weighted by Gasteiger charge is 2.49. The van der Waals surface area contributed by atoms with E-state index in [-0.39, 0.29) is 11.8 Å². The third-order valence-electron chi connectivity index (χ3n) is 3.66. The molecule has 0 saturated carbocycles. The molecule has 2 aliphatic rings. The zero-order valence-electron chi connectivity index (χ0n) is 9.57. The van der Waals surface area contributed by atoms with Crippen molar-refractivity contribution in [1.29, 1.82) is 0 Å². The summed E-state index contributed by atoms with van der Waals surface area (Å²) in [7, 11) is 0. The molecule has 4 heteroatoms. The molecule has 0 amide bonds. The lowest BCUT2D eigenvalue weighted by atomic mass is 10.1. The number of quaternary nitrogens is 1. The van der Waals surface area contributed by atoms with Crippen LogP contribution in [0.3, 0.4) is 0 Å². The van der Waals surface area contributed by atoms with Crippen molar-refractivity contribution >= 4 is 5.97 Å². The molecule has 16 heavy (non-hydrogen) atoms. The van der Waals surface area contributed by atoms with Gasteiger partial charge in [-0.05, 0) is 13.0 Å². The highest BCUT2D eigenvalue weighted by Crippen LogP contribution is 2.36. The summed E-state index contributed by atoms with van der Waals surface area (Å²) in [6.45, 7) is 7.22. The normalized spacial score (nSPS) is 37.3. The Morgan fingerprint density at radius 1 is 1.62 bits per heavy atom. The van der Waals surface area contributed by atoms with E-state index in [0.717, 1.165) is 19.4 Å². The largest absolute Gasteiger partial charge is 0.871 e. The predicted octanol–water partition coefficient (Wildman–Crippen LogP) is 0.300. The lowest BCUT2D eigenvalue weighted by Crippen LogP contribution is -2.58.